The van der Waals surface area contributed by atoms with E-state index in [1.54, 1.807) is 35.2 Å². The number of non-ortho nitro benzene ring substituents is 1. The van der Waals surface area contributed by atoms with Crippen LogP contribution in [0.3, 0.4) is 0 Å². The first-order valence-electron chi connectivity index (χ1n) is 9.97. The van der Waals surface area contributed by atoms with E-state index in [1.807, 2.05) is 19.1 Å². The van der Waals surface area contributed by atoms with E-state index in [0.717, 1.165) is 18.4 Å². The smallest absolute Gasteiger partial charge is 0.270 e. The maximum Gasteiger partial charge on any atom is 0.270 e. The van der Waals surface area contributed by atoms with Crippen molar-refractivity contribution in [2.24, 2.45) is 5.92 Å². The van der Waals surface area contributed by atoms with Gasteiger partial charge in [0.15, 0.2) is 0 Å². The van der Waals surface area contributed by atoms with Crippen molar-refractivity contribution in [3.63, 3.8) is 0 Å². The van der Waals surface area contributed by atoms with Crippen LogP contribution in [0, 0.1) is 23.0 Å². The number of likely N-dealkylation sites (tertiary alicyclic amines) is 1. The summed E-state index contributed by atoms with van der Waals surface area (Å²) in [5, 5.41) is 13.6. The number of nitrogens with zero attached hydrogens (tertiary/aromatic N) is 2. The van der Waals surface area contributed by atoms with E-state index in [4.69, 9.17) is 0 Å². The predicted octanol–water partition coefficient (Wildman–Crippen LogP) is 3.93. The summed E-state index contributed by atoms with van der Waals surface area (Å²) in [7, 11) is 0. The van der Waals surface area contributed by atoms with Crippen molar-refractivity contribution in [1.82, 2.24) is 10.2 Å². The first kappa shape index (κ1) is 21.2. The fraction of sp³-hybridized carbons (Fsp3) is 0.304. The van der Waals surface area contributed by atoms with Gasteiger partial charge in [-0.1, -0.05) is 24.6 Å². The van der Waals surface area contributed by atoms with Crippen LogP contribution >= 0.6 is 0 Å². The van der Waals surface area contributed by atoms with Crippen LogP contribution in [0.2, 0.25) is 0 Å². The number of carbonyl (C=O) groups is 2. The third-order valence-corrected chi connectivity index (χ3v) is 5.28. The summed E-state index contributed by atoms with van der Waals surface area (Å²) in [6.45, 7) is 5.37. The molecule has 2 aromatic rings. The van der Waals surface area contributed by atoms with Crippen molar-refractivity contribution < 1.29 is 14.5 Å². The van der Waals surface area contributed by atoms with Crippen LogP contribution in [0.5, 0.6) is 0 Å². The molecule has 1 N–H and O–H groups in total. The number of nitro groups is 1. The van der Waals surface area contributed by atoms with Gasteiger partial charge in [0.05, 0.1) is 4.92 Å². The molecule has 0 aromatic heterocycles. The molecule has 0 unspecified atom stereocenters. The lowest BCUT2D eigenvalue weighted by Crippen LogP contribution is -2.42. The lowest BCUT2D eigenvalue weighted by atomic mass is 9.99. The van der Waals surface area contributed by atoms with E-state index in [9.17, 15) is 19.7 Å². The summed E-state index contributed by atoms with van der Waals surface area (Å²) < 4.78 is 0. The fourth-order valence-corrected chi connectivity index (χ4v) is 3.29. The zero-order valence-corrected chi connectivity index (χ0v) is 17.1. The Morgan fingerprint density at radius 2 is 1.67 bits per heavy atom. The summed E-state index contributed by atoms with van der Waals surface area (Å²) in [6.07, 6.45) is 3.40. The molecule has 0 bridgehead atoms. The molecule has 1 aliphatic heterocycles. The molecule has 1 aliphatic rings. The van der Waals surface area contributed by atoms with E-state index in [-0.39, 0.29) is 23.2 Å². The molecule has 0 aliphatic carbocycles. The highest BCUT2D eigenvalue weighted by Crippen LogP contribution is 2.19. The van der Waals surface area contributed by atoms with Crippen LogP contribution in [0.15, 0.2) is 54.2 Å². The highest BCUT2D eigenvalue weighted by atomic mass is 16.6. The SMILES string of the molecule is Cc1ccc(C(=O)N/C(=C/c2ccc([N+](=O)[O-])cc2)C(=O)N2CCC(C)CC2)cc1. The third kappa shape index (κ3) is 5.31. The average molecular weight is 407 g/mol. The van der Waals surface area contributed by atoms with Gasteiger partial charge in [-0.3, -0.25) is 19.7 Å². The number of hydrogen-bond donors (Lipinski definition) is 1. The zero-order valence-electron chi connectivity index (χ0n) is 17.1. The highest BCUT2D eigenvalue weighted by Gasteiger charge is 2.24. The lowest BCUT2D eigenvalue weighted by Gasteiger charge is -2.31. The molecule has 0 atom stereocenters. The normalized spacial score (nSPS) is 15.0. The van der Waals surface area contributed by atoms with Crippen LogP contribution in [-0.2, 0) is 4.79 Å². The Kier molecular flexibility index (Phi) is 6.61. The minimum absolute atomic E-state index is 0.0336. The largest absolute Gasteiger partial charge is 0.337 e. The molecule has 7 nitrogen and oxygen atoms in total. The quantitative estimate of drug-likeness (QED) is 0.462. The van der Waals surface area contributed by atoms with Crippen molar-refractivity contribution in [3.05, 3.63) is 81.0 Å². The Morgan fingerprint density at radius 3 is 2.23 bits per heavy atom. The number of piperidine rings is 1. The topological polar surface area (TPSA) is 92.5 Å². The Bertz CT molecular complexity index is 957. The number of amides is 2. The first-order chi connectivity index (χ1) is 14.3. The molecular formula is C23H25N3O4. The molecule has 1 heterocycles. The van der Waals surface area contributed by atoms with Gasteiger partial charge in [0.2, 0.25) is 0 Å². The number of carbonyl (C=O) groups excluding carboxylic acids is 2. The second-order valence-corrected chi connectivity index (χ2v) is 7.70. The molecule has 3 rings (SSSR count). The Balaban J connectivity index is 1.87. The first-order valence-corrected chi connectivity index (χ1v) is 9.97. The number of aryl methyl sites for hydroxylation is 1. The van der Waals surface area contributed by atoms with Gasteiger partial charge in [0, 0.05) is 30.8 Å². The van der Waals surface area contributed by atoms with E-state index in [2.05, 4.69) is 12.2 Å². The monoisotopic (exact) mass is 407 g/mol. The molecule has 0 spiro atoms. The van der Waals surface area contributed by atoms with Crippen molar-refractivity contribution in [2.45, 2.75) is 26.7 Å². The third-order valence-electron chi connectivity index (χ3n) is 5.28. The maximum absolute atomic E-state index is 13.1. The van der Waals surface area contributed by atoms with Gasteiger partial charge in [-0.15, -0.1) is 0 Å². The molecule has 1 fully saturated rings. The van der Waals surface area contributed by atoms with Crippen molar-refractivity contribution in [1.29, 1.82) is 0 Å². The molecule has 0 radical (unpaired) electrons. The molecule has 2 amide bonds. The Morgan fingerprint density at radius 1 is 1.07 bits per heavy atom. The molecule has 1 saturated heterocycles. The summed E-state index contributed by atoms with van der Waals surface area (Å²) >= 11 is 0. The van der Waals surface area contributed by atoms with E-state index < -0.39 is 4.92 Å². The van der Waals surface area contributed by atoms with Crippen molar-refractivity contribution >= 4 is 23.6 Å². The molecule has 7 heteroatoms. The summed E-state index contributed by atoms with van der Waals surface area (Å²) in [5.74, 6) is -0.0547. The number of nitro benzene ring substituents is 1. The molecule has 30 heavy (non-hydrogen) atoms. The molecule has 156 valence electrons. The predicted molar refractivity (Wildman–Crippen MR) is 115 cm³/mol. The van der Waals surface area contributed by atoms with Gasteiger partial charge in [-0.2, -0.15) is 0 Å². The van der Waals surface area contributed by atoms with Gasteiger partial charge in [-0.25, -0.2) is 0 Å². The van der Waals surface area contributed by atoms with Gasteiger partial charge in [0.1, 0.15) is 5.70 Å². The van der Waals surface area contributed by atoms with E-state index in [0.29, 0.717) is 30.1 Å². The van der Waals surface area contributed by atoms with Gasteiger partial charge in [0.25, 0.3) is 17.5 Å². The average Bonchev–Trinajstić information content (AvgIpc) is 2.74. The minimum atomic E-state index is -0.479. The van der Waals surface area contributed by atoms with Crippen molar-refractivity contribution in [2.75, 3.05) is 13.1 Å². The standard InChI is InChI=1S/C23H25N3O4/c1-16-3-7-19(8-4-16)22(27)24-21(23(28)25-13-11-17(2)12-14-25)15-18-5-9-20(10-6-18)26(29)30/h3-10,15,17H,11-14H2,1-2H3,(H,24,27)/b21-15+. The van der Waals surface area contributed by atoms with Crippen LogP contribution in [0.4, 0.5) is 5.69 Å². The van der Waals surface area contributed by atoms with Gasteiger partial charge in [-0.05, 0) is 61.6 Å². The molecule has 0 saturated carbocycles. The van der Waals surface area contributed by atoms with Crippen molar-refractivity contribution in [3.8, 4) is 0 Å². The van der Waals surface area contributed by atoms with E-state index >= 15 is 0 Å². The zero-order chi connectivity index (χ0) is 21.7. The summed E-state index contributed by atoms with van der Waals surface area (Å²) in [6, 6.07) is 13.0. The van der Waals surface area contributed by atoms with Crippen LogP contribution in [0.25, 0.3) is 6.08 Å². The number of nitrogens with one attached hydrogen (secondary N) is 1. The number of hydrogen-bond acceptors (Lipinski definition) is 4. The summed E-state index contributed by atoms with van der Waals surface area (Å²) in [5.41, 5.74) is 2.21. The van der Waals surface area contributed by atoms with Crippen LogP contribution in [0.1, 0.15) is 41.3 Å². The highest BCUT2D eigenvalue weighted by molar-refractivity contribution is 6.05. The van der Waals surface area contributed by atoms with Crippen LogP contribution < -0.4 is 5.32 Å². The maximum atomic E-state index is 13.1. The molecule has 2 aromatic carbocycles. The Labute approximate surface area is 175 Å². The van der Waals surface area contributed by atoms with Gasteiger partial charge < -0.3 is 10.2 Å². The fourth-order valence-electron chi connectivity index (χ4n) is 3.29. The minimum Gasteiger partial charge on any atom is -0.337 e. The number of benzene rings is 2. The van der Waals surface area contributed by atoms with Gasteiger partial charge >= 0.3 is 0 Å². The second-order valence-electron chi connectivity index (χ2n) is 7.70. The summed E-state index contributed by atoms with van der Waals surface area (Å²) in [4.78, 5) is 38.0. The second kappa shape index (κ2) is 9.35. The lowest BCUT2D eigenvalue weighted by molar-refractivity contribution is -0.384. The van der Waals surface area contributed by atoms with Crippen LogP contribution in [-0.4, -0.2) is 34.7 Å². The Hall–Kier alpha value is -3.48. The number of rotatable bonds is 5. The van der Waals surface area contributed by atoms with E-state index in [1.165, 1.54) is 12.1 Å². The molecular weight excluding hydrogens is 382 g/mol.